The molecule has 0 bridgehead atoms. The number of carbonyl (C=O) groups is 2. The number of nitrogens with zero attached hydrogens (tertiary/aromatic N) is 1. The summed E-state index contributed by atoms with van der Waals surface area (Å²) in [4.78, 5) is 23.4. The number of carbonyl (C=O) groups excluding carboxylic acids is 1. The molecule has 1 saturated heterocycles. The van der Waals surface area contributed by atoms with Crippen molar-refractivity contribution in [3.63, 3.8) is 0 Å². The third-order valence-corrected chi connectivity index (χ3v) is 6.20. The lowest BCUT2D eigenvalue weighted by molar-refractivity contribution is -0.146. The molecule has 0 spiro atoms. The zero-order valence-electron chi connectivity index (χ0n) is 15.0. The highest BCUT2D eigenvalue weighted by Crippen LogP contribution is 2.34. The van der Waals surface area contributed by atoms with Crippen molar-refractivity contribution in [2.75, 3.05) is 26.8 Å². The summed E-state index contributed by atoms with van der Waals surface area (Å²) in [6.07, 6.45) is 0.226. The number of hydrogen-bond donors (Lipinski definition) is 1. The van der Waals surface area contributed by atoms with Gasteiger partial charge in [-0.05, 0) is 44.0 Å². The van der Waals surface area contributed by atoms with Crippen LogP contribution in [0.4, 0.5) is 0 Å². The van der Waals surface area contributed by atoms with Crippen LogP contribution in [-0.2, 0) is 30.9 Å². The minimum Gasteiger partial charge on any atom is -0.481 e. The van der Waals surface area contributed by atoms with Crippen LogP contribution < -0.4 is 0 Å². The molecule has 0 aromatic heterocycles. The molecule has 1 aliphatic heterocycles. The Morgan fingerprint density at radius 1 is 1.31 bits per heavy atom. The van der Waals surface area contributed by atoms with Crippen molar-refractivity contribution in [3.05, 3.63) is 29.3 Å². The Hall–Kier alpha value is -1.97. The molecular weight excluding hydrogens is 362 g/mol. The van der Waals surface area contributed by atoms with Gasteiger partial charge >= 0.3 is 11.9 Å². The van der Waals surface area contributed by atoms with E-state index >= 15 is 0 Å². The summed E-state index contributed by atoms with van der Waals surface area (Å²) in [5.41, 5.74) is -0.502. The zero-order valence-corrected chi connectivity index (χ0v) is 15.8. The summed E-state index contributed by atoms with van der Waals surface area (Å²) in [6.45, 7) is 3.46. The second-order valence-corrected chi connectivity index (χ2v) is 8.41. The molecular formula is C17H23NO7S. The van der Waals surface area contributed by atoms with E-state index in [0.29, 0.717) is 5.56 Å². The maximum atomic E-state index is 13.0. The van der Waals surface area contributed by atoms with Crippen molar-refractivity contribution in [2.45, 2.75) is 31.8 Å². The molecule has 1 aromatic rings. The Labute approximate surface area is 152 Å². The van der Waals surface area contributed by atoms with Crippen LogP contribution in [0.5, 0.6) is 0 Å². The summed E-state index contributed by atoms with van der Waals surface area (Å²) in [7, 11) is -2.49. The third kappa shape index (κ3) is 4.05. The largest absolute Gasteiger partial charge is 0.481 e. The minimum absolute atomic E-state index is 0.0789. The number of carboxylic acids is 1. The maximum Gasteiger partial charge on any atom is 0.338 e. The van der Waals surface area contributed by atoms with Gasteiger partial charge in [0.25, 0.3) is 0 Å². The average molecular weight is 385 g/mol. The van der Waals surface area contributed by atoms with Gasteiger partial charge in [-0.1, -0.05) is 0 Å². The van der Waals surface area contributed by atoms with E-state index in [-0.39, 0.29) is 43.2 Å². The predicted molar refractivity (Wildman–Crippen MR) is 92.2 cm³/mol. The fourth-order valence-corrected chi connectivity index (χ4v) is 4.50. The minimum atomic E-state index is -3.95. The number of ether oxygens (including phenoxy) is 2. The lowest BCUT2D eigenvalue weighted by Crippen LogP contribution is -2.35. The van der Waals surface area contributed by atoms with E-state index in [1.165, 1.54) is 32.2 Å². The Balaban J connectivity index is 2.42. The Bertz CT molecular complexity index is 805. The first kappa shape index (κ1) is 20.3. The topological polar surface area (TPSA) is 110 Å². The van der Waals surface area contributed by atoms with Crippen molar-refractivity contribution in [2.24, 2.45) is 5.41 Å². The van der Waals surface area contributed by atoms with Gasteiger partial charge in [0.2, 0.25) is 10.0 Å². The molecule has 0 aliphatic carbocycles. The highest BCUT2D eigenvalue weighted by molar-refractivity contribution is 7.89. The van der Waals surface area contributed by atoms with Crippen LogP contribution in [0.1, 0.15) is 36.2 Å². The molecule has 26 heavy (non-hydrogen) atoms. The highest BCUT2D eigenvalue weighted by Gasteiger charge is 2.45. The zero-order chi connectivity index (χ0) is 19.5. The van der Waals surface area contributed by atoms with Crippen molar-refractivity contribution in [3.8, 4) is 0 Å². The van der Waals surface area contributed by atoms with Crippen molar-refractivity contribution >= 4 is 22.0 Å². The molecule has 1 heterocycles. The fraction of sp³-hybridized carbons (Fsp3) is 0.529. The van der Waals surface area contributed by atoms with Crippen LogP contribution >= 0.6 is 0 Å². The Morgan fingerprint density at radius 3 is 2.54 bits per heavy atom. The van der Waals surface area contributed by atoms with Gasteiger partial charge in [0.15, 0.2) is 0 Å². The Morgan fingerprint density at radius 2 is 2.00 bits per heavy atom. The summed E-state index contributed by atoms with van der Waals surface area (Å²) in [5, 5.41) is 9.32. The lowest BCUT2D eigenvalue weighted by atomic mass is 9.90. The second kappa shape index (κ2) is 7.73. The summed E-state index contributed by atoms with van der Waals surface area (Å²) >= 11 is 0. The molecule has 0 amide bonds. The van der Waals surface area contributed by atoms with Crippen molar-refractivity contribution in [1.82, 2.24) is 4.31 Å². The molecule has 9 heteroatoms. The quantitative estimate of drug-likeness (QED) is 0.708. The molecule has 1 aromatic carbocycles. The normalized spacial score (nSPS) is 20.9. The van der Waals surface area contributed by atoms with Gasteiger partial charge in [-0.2, -0.15) is 4.31 Å². The molecule has 1 fully saturated rings. The van der Waals surface area contributed by atoms with Crippen molar-refractivity contribution < 1.29 is 32.6 Å². The van der Waals surface area contributed by atoms with E-state index in [2.05, 4.69) is 0 Å². The van der Waals surface area contributed by atoms with Gasteiger partial charge in [-0.15, -0.1) is 0 Å². The number of esters is 1. The molecule has 1 atom stereocenters. The van der Waals surface area contributed by atoms with Gasteiger partial charge in [-0.25, -0.2) is 13.2 Å². The standard InChI is InChI=1S/C17H23NO7S/c1-4-25-15(19)13-7-12(10-24-3)8-14(9-13)26(22,23)18-6-5-17(2,11-18)16(20)21/h7-9H,4-6,10-11H2,1-3H3,(H,20,21). The number of sulfonamides is 1. The number of aliphatic carboxylic acids is 1. The van der Waals surface area contributed by atoms with Crippen LogP contribution in [0.25, 0.3) is 0 Å². The van der Waals surface area contributed by atoms with Crippen LogP contribution in [0, 0.1) is 5.41 Å². The molecule has 0 saturated carbocycles. The van der Waals surface area contributed by atoms with Gasteiger partial charge in [0.05, 0.1) is 29.1 Å². The van der Waals surface area contributed by atoms with Gasteiger partial charge in [-0.3, -0.25) is 4.79 Å². The second-order valence-electron chi connectivity index (χ2n) is 6.47. The fourth-order valence-electron chi connectivity index (χ4n) is 2.84. The van der Waals surface area contributed by atoms with Crippen LogP contribution in [0.3, 0.4) is 0 Å². The molecule has 0 radical (unpaired) electrons. The van der Waals surface area contributed by atoms with Crippen LogP contribution in [-0.4, -0.2) is 56.6 Å². The highest BCUT2D eigenvalue weighted by atomic mass is 32.2. The SMILES string of the molecule is CCOC(=O)c1cc(COC)cc(S(=O)(=O)N2CCC(C)(C(=O)O)C2)c1. The smallest absolute Gasteiger partial charge is 0.338 e. The number of carboxylic acid groups (broad SMARTS) is 1. The molecule has 2 rings (SSSR count). The van der Waals surface area contributed by atoms with Gasteiger partial charge < -0.3 is 14.6 Å². The number of hydrogen-bond acceptors (Lipinski definition) is 6. The number of rotatable bonds is 7. The van der Waals surface area contributed by atoms with E-state index in [0.717, 1.165) is 4.31 Å². The first-order valence-electron chi connectivity index (χ1n) is 8.17. The molecule has 1 N–H and O–H groups in total. The predicted octanol–water partition coefficient (Wildman–Crippen LogP) is 1.49. The van der Waals surface area contributed by atoms with Gasteiger partial charge in [0, 0.05) is 20.2 Å². The summed E-state index contributed by atoms with van der Waals surface area (Å²) in [5.74, 6) is -1.66. The molecule has 8 nitrogen and oxygen atoms in total. The molecule has 1 aliphatic rings. The first-order chi connectivity index (χ1) is 12.1. The Kier molecular flexibility index (Phi) is 6.05. The average Bonchev–Trinajstić information content (AvgIpc) is 3.00. The third-order valence-electron chi connectivity index (χ3n) is 4.38. The maximum absolute atomic E-state index is 13.0. The monoisotopic (exact) mass is 385 g/mol. The molecule has 1 unspecified atom stereocenters. The lowest BCUT2D eigenvalue weighted by Gasteiger charge is -2.20. The van der Waals surface area contributed by atoms with E-state index in [1.807, 2.05) is 0 Å². The number of benzene rings is 1. The number of methoxy groups -OCH3 is 1. The molecule has 144 valence electrons. The van der Waals surface area contributed by atoms with Gasteiger partial charge in [0.1, 0.15) is 0 Å². The van der Waals surface area contributed by atoms with E-state index < -0.39 is 27.4 Å². The van der Waals surface area contributed by atoms with Crippen LogP contribution in [0.2, 0.25) is 0 Å². The van der Waals surface area contributed by atoms with Crippen LogP contribution in [0.15, 0.2) is 23.1 Å². The van der Waals surface area contributed by atoms with Crippen molar-refractivity contribution in [1.29, 1.82) is 0 Å². The van der Waals surface area contributed by atoms with E-state index in [9.17, 15) is 23.1 Å². The van der Waals surface area contributed by atoms with E-state index in [1.54, 1.807) is 6.92 Å². The summed E-state index contributed by atoms with van der Waals surface area (Å²) < 4.78 is 37.1. The van der Waals surface area contributed by atoms with E-state index in [4.69, 9.17) is 9.47 Å². The first-order valence-corrected chi connectivity index (χ1v) is 9.61. The summed E-state index contributed by atoms with van der Waals surface area (Å²) in [6, 6.07) is 4.20.